The van der Waals surface area contributed by atoms with Crippen LogP contribution in [0, 0.1) is 11.3 Å². The van der Waals surface area contributed by atoms with Gasteiger partial charge in [-0.05, 0) is 31.6 Å². The van der Waals surface area contributed by atoms with Gasteiger partial charge >= 0.3 is 0 Å². The van der Waals surface area contributed by atoms with Gasteiger partial charge in [-0.2, -0.15) is 17.0 Å². The second-order valence-electron chi connectivity index (χ2n) is 3.28. The van der Waals surface area contributed by atoms with Crippen molar-refractivity contribution in [3.8, 4) is 6.07 Å². The fourth-order valence-corrected chi connectivity index (χ4v) is 2.58. The molecule has 0 aromatic carbocycles. The molecule has 0 aromatic rings. The van der Waals surface area contributed by atoms with Crippen molar-refractivity contribution in [1.82, 2.24) is 5.32 Å². The Morgan fingerprint density at radius 3 is 3.00 bits per heavy atom. The van der Waals surface area contributed by atoms with Crippen molar-refractivity contribution in [2.75, 3.05) is 18.1 Å². The zero-order valence-electron chi connectivity index (χ0n) is 7.60. The van der Waals surface area contributed by atoms with Gasteiger partial charge in [-0.1, -0.05) is 6.92 Å². The number of thioether (sulfide) groups is 1. The van der Waals surface area contributed by atoms with E-state index in [0.29, 0.717) is 0 Å². The van der Waals surface area contributed by atoms with Gasteiger partial charge < -0.3 is 0 Å². The van der Waals surface area contributed by atoms with Crippen molar-refractivity contribution in [2.45, 2.75) is 31.7 Å². The van der Waals surface area contributed by atoms with E-state index in [1.807, 2.05) is 11.8 Å². The van der Waals surface area contributed by atoms with Crippen LogP contribution in [0.3, 0.4) is 0 Å². The molecule has 0 aliphatic carbocycles. The van der Waals surface area contributed by atoms with Crippen molar-refractivity contribution in [2.24, 2.45) is 0 Å². The molecule has 0 saturated carbocycles. The van der Waals surface area contributed by atoms with Crippen LogP contribution in [-0.4, -0.2) is 23.6 Å². The second-order valence-corrected chi connectivity index (χ2v) is 4.38. The molecule has 1 rings (SSSR count). The summed E-state index contributed by atoms with van der Waals surface area (Å²) in [5.74, 6) is 2.18. The van der Waals surface area contributed by atoms with Gasteiger partial charge in [0.1, 0.15) is 5.54 Å². The minimum Gasteiger partial charge on any atom is -0.299 e. The first kappa shape index (κ1) is 9.88. The lowest BCUT2D eigenvalue weighted by Crippen LogP contribution is -2.48. The van der Waals surface area contributed by atoms with Gasteiger partial charge in [0.25, 0.3) is 0 Å². The molecule has 68 valence electrons. The lowest BCUT2D eigenvalue weighted by atomic mass is 9.97. The molecule has 1 unspecified atom stereocenters. The van der Waals surface area contributed by atoms with Crippen LogP contribution >= 0.6 is 11.8 Å². The minimum absolute atomic E-state index is 0.209. The highest BCUT2D eigenvalue weighted by Gasteiger charge is 2.31. The third-order valence-corrected chi connectivity index (χ3v) is 3.44. The molecular weight excluding hydrogens is 168 g/mol. The molecule has 0 bridgehead atoms. The smallest absolute Gasteiger partial charge is 0.115 e. The van der Waals surface area contributed by atoms with E-state index in [2.05, 4.69) is 18.3 Å². The summed E-state index contributed by atoms with van der Waals surface area (Å²) in [5, 5.41) is 12.4. The van der Waals surface area contributed by atoms with E-state index in [-0.39, 0.29) is 5.54 Å². The van der Waals surface area contributed by atoms with Gasteiger partial charge in [-0.25, -0.2) is 0 Å². The molecule has 1 N–H and O–H groups in total. The van der Waals surface area contributed by atoms with E-state index in [1.165, 1.54) is 12.2 Å². The standard InChI is InChI=1S/C9H16N2S/c1-2-5-11-9(7-10)4-3-6-12-8-9/h11H,2-6,8H2,1H3. The fourth-order valence-electron chi connectivity index (χ4n) is 1.43. The lowest BCUT2D eigenvalue weighted by Gasteiger charge is -2.31. The molecule has 0 radical (unpaired) electrons. The zero-order chi connectivity index (χ0) is 8.86. The highest BCUT2D eigenvalue weighted by Crippen LogP contribution is 2.25. The summed E-state index contributed by atoms with van der Waals surface area (Å²) in [7, 11) is 0. The Morgan fingerprint density at radius 1 is 1.67 bits per heavy atom. The Labute approximate surface area is 78.7 Å². The number of nitrogens with zero attached hydrogens (tertiary/aromatic N) is 1. The summed E-state index contributed by atoms with van der Waals surface area (Å²) in [5.41, 5.74) is -0.209. The van der Waals surface area contributed by atoms with E-state index >= 15 is 0 Å². The molecule has 1 atom stereocenters. The van der Waals surface area contributed by atoms with Crippen LogP contribution in [0.5, 0.6) is 0 Å². The van der Waals surface area contributed by atoms with Gasteiger partial charge in [-0.15, -0.1) is 0 Å². The first-order valence-corrected chi connectivity index (χ1v) is 5.72. The highest BCUT2D eigenvalue weighted by molar-refractivity contribution is 7.99. The summed E-state index contributed by atoms with van der Waals surface area (Å²) in [6.07, 6.45) is 3.31. The van der Waals surface area contributed by atoms with Crippen molar-refractivity contribution in [1.29, 1.82) is 5.26 Å². The first-order valence-electron chi connectivity index (χ1n) is 4.57. The summed E-state index contributed by atoms with van der Waals surface area (Å²) in [6.45, 7) is 3.10. The minimum atomic E-state index is -0.209. The van der Waals surface area contributed by atoms with Gasteiger partial charge in [0.2, 0.25) is 0 Å². The Morgan fingerprint density at radius 2 is 2.50 bits per heavy atom. The Bertz CT molecular complexity index is 168. The molecule has 0 aromatic heterocycles. The zero-order valence-corrected chi connectivity index (χ0v) is 8.41. The topological polar surface area (TPSA) is 35.8 Å². The van der Waals surface area contributed by atoms with Crippen LogP contribution in [0.25, 0.3) is 0 Å². The first-order chi connectivity index (χ1) is 5.83. The molecule has 1 fully saturated rings. The third-order valence-electron chi connectivity index (χ3n) is 2.17. The molecule has 1 aliphatic rings. The van der Waals surface area contributed by atoms with Gasteiger partial charge in [0.05, 0.1) is 6.07 Å². The van der Waals surface area contributed by atoms with Crippen molar-refractivity contribution in [3.05, 3.63) is 0 Å². The van der Waals surface area contributed by atoms with Crippen molar-refractivity contribution in [3.63, 3.8) is 0 Å². The van der Waals surface area contributed by atoms with E-state index in [0.717, 1.165) is 25.1 Å². The average Bonchev–Trinajstić information content (AvgIpc) is 2.16. The maximum absolute atomic E-state index is 9.04. The van der Waals surface area contributed by atoms with Crippen LogP contribution < -0.4 is 5.32 Å². The number of hydrogen-bond donors (Lipinski definition) is 1. The lowest BCUT2D eigenvalue weighted by molar-refractivity contribution is 0.415. The van der Waals surface area contributed by atoms with Crippen molar-refractivity contribution < 1.29 is 0 Å². The highest BCUT2D eigenvalue weighted by atomic mass is 32.2. The van der Waals surface area contributed by atoms with Crippen LogP contribution in [0.4, 0.5) is 0 Å². The van der Waals surface area contributed by atoms with Gasteiger partial charge in [0.15, 0.2) is 0 Å². The maximum atomic E-state index is 9.04. The Hall–Kier alpha value is -0.200. The largest absolute Gasteiger partial charge is 0.299 e. The summed E-state index contributed by atoms with van der Waals surface area (Å²) in [6, 6.07) is 2.42. The van der Waals surface area contributed by atoms with E-state index < -0.39 is 0 Å². The molecule has 1 saturated heterocycles. The van der Waals surface area contributed by atoms with Crippen LogP contribution in [0.15, 0.2) is 0 Å². The number of rotatable bonds is 3. The molecule has 12 heavy (non-hydrogen) atoms. The Balaban J connectivity index is 2.44. The molecule has 1 aliphatic heterocycles. The van der Waals surface area contributed by atoms with Crippen LogP contribution in [-0.2, 0) is 0 Å². The van der Waals surface area contributed by atoms with Crippen molar-refractivity contribution >= 4 is 11.8 Å². The van der Waals surface area contributed by atoms with Gasteiger partial charge in [0, 0.05) is 5.75 Å². The maximum Gasteiger partial charge on any atom is 0.115 e. The molecule has 3 heteroatoms. The van der Waals surface area contributed by atoms with Gasteiger partial charge in [-0.3, -0.25) is 5.32 Å². The normalized spacial score (nSPS) is 29.7. The summed E-state index contributed by atoms with van der Waals surface area (Å²) in [4.78, 5) is 0. The summed E-state index contributed by atoms with van der Waals surface area (Å²) < 4.78 is 0. The summed E-state index contributed by atoms with van der Waals surface area (Å²) >= 11 is 1.89. The SMILES string of the molecule is CCCNC1(C#N)CCCSC1. The number of hydrogen-bond acceptors (Lipinski definition) is 3. The molecule has 0 amide bonds. The van der Waals surface area contributed by atoms with Crippen LogP contribution in [0.1, 0.15) is 26.2 Å². The Kier molecular flexibility index (Phi) is 3.90. The van der Waals surface area contributed by atoms with E-state index in [4.69, 9.17) is 5.26 Å². The van der Waals surface area contributed by atoms with E-state index in [9.17, 15) is 0 Å². The third kappa shape index (κ3) is 2.40. The number of nitriles is 1. The predicted octanol–water partition coefficient (Wildman–Crippen LogP) is 1.78. The molecule has 1 heterocycles. The number of nitrogens with one attached hydrogen (secondary N) is 1. The fraction of sp³-hybridized carbons (Fsp3) is 0.889. The molecular formula is C9H16N2S. The van der Waals surface area contributed by atoms with E-state index in [1.54, 1.807) is 0 Å². The quantitative estimate of drug-likeness (QED) is 0.726. The molecule has 2 nitrogen and oxygen atoms in total. The average molecular weight is 184 g/mol. The van der Waals surface area contributed by atoms with Crippen LogP contribution in [0.2, 0.25) is 0 Å². The molecule has 0 spiro atoms. The second kappa shape index (κ2) is 4.74. The monoisotopic (exact) mass is 184 g/mol. The predicted molar refractivity (Wildman–Crippen MR) is 53.2 cm³/mol.